The molecule has 1 unspecified atom stereocenters. The summed E-state index contributed by atoms with van der Waals surface area (Å²) in [6.45, 7) is 1.93. The first-order valence-corrected chi connectivity index (χ1v) is 8.24. The van der Waals surface area contributed by atoms with Crippen LogP contribution in [0.5, 0.6) is 5.75 Å². The van der Waals surface area contributed by atoms with Gasteiger partial charge in [-0.05, 0) is 24.6 Å². The van der Waals surface area contributed by atoms with E-state index >= 15 is 0 Å². The molecule has 3 aromatic rings. The van der Waals surface area contributed by atoms with Crippen molar-refractivity contribution in [3.63, 3.8) is 0 Å². The van der Waals surface area contributed by atoms with Gasteiger partial charge < -0.3 is 15.4 Å². The van der Waals surface area contributed by atoms with E-state index in [1.165, 1.54) is 6.33 Å². The summed E-state index contributed by atoms with van der Waals surface area (Å²) >= 11 is 0. The predicted octanol–water partition coefficient (Wildman–Crippen LogP) is 3.72. The van der Waals surface area contributed by atoms with Gasteiger partial charge >= 0.3 is 0 Å². The maximum Gasteiger partial charge on any atom is 0.270 e. The van der Waals surface area contributed by atoms with Crippen LogP contribution in [0.1, 0.15) is 29.0 Å². The average molecular weight is 348 g/mol. The van der Waals surface area contributed by atoms with E-state index in [1.807, 2.05) is 61.5 Å². The Kier molecular flexibility index (Phi) is 5.43. The van der Waals surface area contributed by atoms with Gasteiger partial charge in [-0.25, -0.2) is 9.97 Å². The van der Waals surface area contributed by atoms with Crippen molar-refractivity contribution in [1.29, 1.82) is 0 Å². The van der Waals surface area contributed by atoms with Crippen molar-refractivity contribution in [3.8, 4) is 5.75 Å². The molecule has 0 radical (unpaired) electrons. The highest BCUT2D eigenvalue weighted by molar-refractivity contribution is 5.93. The van der Waals surface area contributed by atoms with E-state index < -0.39 is 0 Å². The minimum absolute atomic E-state index is 0.117. The van der Waals surface area contributed by atoms with E-state index in [-0.39, 0.29) is 11.9 Å². The molecule has 6 nitrogen and oxygen atoms in total. The van der Waals surface area contributed by atoms with E-state index in [1.54, 1.807) is 13.2 Å². The summed E-state index contributed by atoms with van der Waals surface area (Å²) in [5.41, 5.74) is 2.14. The van der Waals surface area contributed by atoms with Gasteiger partial charge in [0.05, 0.1) is 13.2 Å². The third-order valence-corrected chi connectivity index (χ3v) is 3.89. The van der Waals surface area contributed by atoms with E-state index in [4.69, 9.17) is 4.74 Å². The normalized spacial score (nSPS) is 11.5. The summed E-state index contributed by atoms with van der Waals surface area (Å²) in [6.07, 6.45) is 1.37. The molecule has 0 aliphatic heterocycles. The largest absolute Gasteiger partial charge is 0.497 e. The number of ether oxygens (including phenoxy) is 1. The van der Waals surface area contributed by atoms with Gasteiger partial charge in [-0.1, -0.05) is 36.4 Å². The summed E-state index contributed by atoms with van der Waals surface area (Å²) in [6, 6.07) is 18.7. The van der Waals surface area contributed by atoms with Crippen LogP contribution in [0.15, 0.2) is 67.0 Å². The molecule has 6 heteroatoms. The summed E-state index contributed by atoms with van der Waals surface area (Å²) < 4.78 is 5.20. The summed E-state index contributed by atoms with van der Waals surface area (Å²) in [4.78, 5) is 20.7. The van der Waals surface area contributed by atoms with Crippen LogP contribution in [0, 0.1) is 0 Å². The van der Waals surface area contributed by atoms with Crippen LogP contribution in [0.3, 0.4) is 0 Å². The molecule has 1 heterocycles. The second-order valence-electron chi connectivity index (χ2n) is 5.75. The highest BCUT2D eigenvalue weighted by Crippen LogP contribution is 2.20. The summed E-state index contributed by atoms with van der Waals surface area (Å²) in [7, 11) is 1.61. The molecule has 2 aromatic carbocycles. The van der Waals surface area contributed by atoms with Crippen LogP contribution >= 0.6 is 0 Å². The molecule has 0 bridgehead atoms. The van der Waals surface area contributed by atoms with Crippen molar-refractivity contribution in [2.24, 2.45) is 0 Å². The van der Waals surface area contributed by atoms with Gasteiger partial charge in [-0.2, -0.15) is 0 Å². The van der Waals surface area contributed by atoms with E-state index in [2.05, 4.69) is 20.6 Å². The van der Waals surface area contributed by atoms with Gasteiger partial charge in [-0.3, -0.25) is 4.79 Å². The van der Waals surface area contributed by atoms with E-state index in [9.17, 15) is 4.79 Å². The number of carbonyl (C=O) groups excluding carboxylic acids is 1. The number of rotatable bonds is 6. The molecule has 2 N–H and O–H groups in total. The van der Waals surface area contributed by atoms with Crippen LogP contribution < -0.4 is 15.4 Å². The van der Waals surface area contributed by atoms with Gasteiger partial charge in [-0.15, -0.1) is 0 Å². The molecule has 1 aromatic heterocycles. The number of hydrogen-bond donors (Lipinski definition) is 2. The molecular formula is C20H20N4O2. The first-order chi connectivity index (χ1) is 12.7. The molecule has 0 spiro atoms. The lowest BCUT2D eigenvalue weighted by molar-refractivity contribution is 0.0934. The minimum Gasteiger partial charge on any atom is -0.497 e. The number of hydrogen-bond acceptors (Lipinski definition) is 5. The lowest BCUT2D eigenvalue weighted by Gasteiger charge is -2.14. The smallest absolute Gasteiger partial charge is 0.270 e. The van der Waals surface area contributed by atoms with E-state index in [0.29, 0.717) is 11.5 Å². The quantitative estimate of drug-likeness (QED) is 0.710. The van der Waals surface area contributed by atoms with Gasteiger partial charge in [0.2, 0.25) is 0 Å². The second-order valence-corrected chi connectivity index (χ2v) is 5.75. The number of methoxy groups -OCH3 is 1. The van der Waals surface area contributed by atoms with Crippen LogP contribution in [0.2, 0.25) is 0 Å². The Morgan fingerprint density at radius 1 is 1.04 bits per heavy atom. The fourth-order valence-corrected chi connectivity index (χ4v) is 2.49. The molecule has 26 heavy (non-hydrogen) atoms. The number of aromatic nitrogens is 2. The zero-order valence-corrected chi connectivity index (χ0v) is 14.6. The van der Waals surface area contributed by atoms with Crippen LogP contribution in [0.4, 0.5) is 11.5 Å². The second kappa shape index (κ2) is 8.11. The summed E-state index contributed by atoms with van der Waals surface area (Å²) in [5.74, 6) is 1.02. The van der Waals surface area contributed by atoms with Crippen LogP contribution in [0.25, 0.3) is 0 Å². The van der Waals surface area contributed by atoms with Crippen molar-refractivity contribution in [2.45, 2.75) is 13.0 Å². The standard InChI is InChI=1S/C20H20N4O2/c1-14(15-7-4-3-5-8-15)23-20(25)18-12-19(22-13-21-18)24-16-9-6-10-17(11-16)26-2/h3-14H,1-2H3,(H,23,25)(H,21,22,24). The first kappa shape index (κ1) is 17.4. The molecule has 132 valence electrons. The lowest BCUT2D eigenvalue weighted by Crippen LogP contribution is -2.27. The van der Waals surface area contributed by atoms with Gasteiger partial charge in [0, 0.05) is 17.8 Å². The molecule has 0 fully saturated rings. The predicted molar refractivity (Wildman–Crippen MR) is 101 cm³/mol. The van der Waals surface area contributed by atoms with Gasteiger partial charge in [0.25, 0.3) is 5.91 Å². The van der Waals surface area contributed by atoms with Crippen LogP contribution in [-0.4, -0.2) is 23.0 Å². The Bertz CT molecular complexity index is 884. The average Bonchev–Trinajstić information content (AvgIpc) is 2.69. The Balaban J connectivity index is 1.71. The number of nitrogens with one attached hydrogen (secondary N) is 2. The molecule has 0 aliphatic rings. The molecule has 0 saturated carbocycles. The lowest BCUT2D eigenvalue weighted by atomic mass is 10.1. The molecule has 0 aliphatic carbocycles. The maximum absolute atomic E-state index is 12.5. The SMILES string of the molecule is COc1cccc(Nc2cc(C(=O)NC(C)c3ccccc3)ncn2)c1. The van der Waals surface area contributed by atoms with Crippen molar-refractivity contribution in [1.82, 2.24) is 15.3 Å². The first-order valence-electron chi connectivity index (χ1n) is 8.24. The molecular weight excluding hydrogens is 328 g/mol. The van der Waals surface area contributed by atoms with Gasteiger partial charge in [0.1, 0.15) is 23.6 Å². The van der Waals surface area contributed by atoms with Crippen molar-refractivity contribution in [2.75, 3.05) is 12.4 Å². The van der Waals surface area contributed by atoms with Gasteiger partial charge in [0.15, 0.2) is 0 Å². The monoisotopic (exact) mass is 348 g/mol. The maximum atomic E-state index is 12.5. The highest BCUT2D eigenvalue weighted by atomic mass is 16.5. The third kappa shape index (κ3) is 4.36. The zero-order chi connectivity index (χ0) is 18.4. The fourth-order valence-electron chi connectivity index (χ4n) is 2.49. The third-order valence-electron chi connectivity index (χ3n) is 3.89. The molecule has 1 atom stereocenters. The number of nitrogens with zero attached hydrogens (tertiary/aromatic N) is 2. The van der Waals surface area contributed by atoms with Crippen molar-refractivity contribution in [3.05, 3.63) is 78.2 Å². The Hall–Kier alpha value is -3.41. The summed E-state index contributed by atoms with van der Waals surface area (Å²) in [5, 5.41) is 6.09. The molecule has 0 saturated heterocycles. The Morgan fingerprint density at radius 3 is 2.62 bits per heavy atom. The number of anilines is 2. The molecule has 1 amide bonds. The number of benzene rings is 2. The molecule has 3 rings (SSSR count). The number of carbonyl (C=O) groups is 1. The van der Waals surface area contributed by atoms with Crippen molar-refractivity contribution < 1.29 is 9.53 Å². The topological polar surface area (TPSA) is 76.1 Å². The Labute approximate surface area is 152 Å². The number of amides is 1. The Morgan fingerprint density at radius 2 is 1.85 bits per heavy atom. The fraction of sp³-hybridized carbons (Fsp3) is 0.150. The minimum atomic E-state index is -0.252. The van der Waals surface area contributed by atoms with Crippen LogP contribution in [-0.2, 0) is 0 Å². The highest BCUT2D eigenvalue weighted by Gasteiger charge is 2.13. The zero-order valence-electron chi connectivity index (χ0n) is 14.6. The van der Waals surface area contributed by atoms with E-state index in [0.717, 1.165) is 17.0 Å². The van der Waals surface area contributed by atoms with Crippen molar-refractivity contribution >= 4 is 17.4 Å².